The van der Waals surface area contributed by atoms with E-state index >= 15 is 0 Å². The third-order valence-electron chi connectivity index (χ3n) is 4.59. The van der Waals surface area contributed by atoms with Crippen molar-refractivity contribution in [3.05, 3.63) is 36.0 Å². The van der Waals surface area contributed by atoms with Crippen LogP contribution >= 0.6 is 0 Å². The summed E-state index contributed by atoms with van der Waals surface area (Å²) in [7, 11) is 0. The predicted molar refractivity (Wildman–Crippen MR) is 125 cm³/mol. The van der Waals surface area contributed by atoms with Crippen molar-refractivity contribution in [2.24, 2.45) is 0 Å². The molecule has 1 fully saturated rings. The number of hydrogen-bond donors (Lipinski definition) is 4. The first-order valence-electron chi connectivity index (χ1n) is 10.9. The number of rotatable bonds is 9. The number of benzene rings is 1. The first-order valence-corrected chi connectivity index (χ1v) is 10.9. The Morgan fingerprint density at radius 1 is 1.16 bits per heavy atom. The molecule has 1 aliphatic rings. The van der Waals surface area contributed by atoms with Gasteiger partial charge in [0.05, 0.1) is 0 Å². The van der Waals surface area contributed by atoms with Crippen molar-refractivity contribution in [1.29, 1.82) is 0 Å². The van der Waals surface area contributed by atoms with Gasteiger partial charge in [-0.05, 0) is 64.2 Å². The first kappa shape index (κ1) is 23.3. The normalized spacial score (nSPS) is 13.2. The Kier molecular flexibility index (Phi) is 7.50. The number of nitrogens with one attached hydrogen (secondary N) is 4. The average Bonchev–Trinajstić information content (AvgIpc) is 3.51. The van der Waals surface area contributed by atoms with E-state index < -0.39 is 11.7 Å². The molecule has 0 aliphatic heterocycles. The second-order valence-corrected chi connectivity index (χ2v) is 8.87. The number of carbonyl (C=O) groups is 2. The van der Waals surface area contributed by atoms with Gasteiger partial charge in [-0.25, -0.2) is 9.78 Å². The molecule has 0 radical (unpaired) electrons. The van der Waals surface area contributed by atoms with E-state index in [4.69, 9.17) is 4.74 Å². The van der Waals surface area contributed by atoms with Gasteiger partial charge in [0, 0.05) is 43.1 Å². The second-order valence-electron chi connectivity index (χ2n) is 8.87. The van der Waals surface area contributed by atoms with Crippen LogP contribution in [0.1, 0.15) is 58.4 Å². The Bertz CT molecular complexity index is 953. The standard InChI is InChI=1S/C23H32N6O3/c1-15(30)27-17-7-5-8-18(13-17)28-21-26-14-19(16-9-10-16)20(29-21)24-11-6-12-25-22(31)32-23(2,3)4/h5,7-8,13-14,16H,6,9-12H2,1-4H3,(H,25,31)(H,27,30)(H2,24,26,28,29). The van der Waals surface area contributed by atoms with Gasteiger partial charge in [0.25, 0.3) is 0 Å². The van der Waals surface area contributed by atoms with Crippen molar-refractivity contribution in [2.45, 2.75) is 58.5 Å². The third-order valence-corrected chi connectivity index (χ3v) is 4.59. The maximum Gasteiger partial charge on any atom is 0.407 e. The summed E-state index contributed by atoms with van der Waals surface area (Å²) in [5.41, 5.74) is 2.09. The Hall–Kier alpha value is -3.36. The zero-order valence-corrected chi connectivity index (χ0v) is 19.1. The average molecular weight is 441 g/mol. The lowest BCUT2D eigenvalue weighted by Crippen LogP contribution is -2.33. The van der Waals surface area contributed by atoms with Crippen molar-refractivity contribution in [2.75, 3.05) is 29.0 Å². The summed E-state index contributed by atoms with van der Waals surface area (Å²) in [6.07, 6.45) is 4.47. The lowest BCUT2D eigenvalue weighted by molar-refractivity contribution is -0.114. The molecular formula is C23H32N6O3. The van der Waals surface area contributed by atoms with Crippen LogP contribution in [0, 0.1) is 0 Å². The molecule has 0 atom stereocenters. The topological polar surface area (TPSA) is 117 Å². The zero-order valence-electron chi connectivity index (χ0n) is 19.1. The molecule has 4 N–H and O–H groups in total. The van der Waals surface area contributed by atoms with Crippen LogP contribution in [-0.4, -0.2) is 40.7 Å². The van der Waals surface area contributed by atoms with Gasteiger partial charge in [-0.3, -0.25) is 4.79 Å². The Morgan fingerprint density at radius 2 is 1.91 bits per heavy atom. The quantitative estimate of drug-likeness (QED) is 0.427. The summed E-state index contributed by atoms with van der Waals surface area (Å²) < 4.78 is 5.24. The highest BCUT2D eigenvalue weighted by molar-refractivity contribution is 5.89. The maximum atomic E-state index is 11.7. The van der Waals surface area contributed by atoms with Crippen LogP contribution in [0.25, 0.3) is 0 Å². The molecule has 0 spiro atoms. The Labute approximate surface area is 188 Å². The summed E-state index contributed by atoms with van der Waals surface area (Å²) in [6, 6.07) is 7.39. The lowest BCUT2D eigenvalue weighted by atomic mass is 10.2. The van der Waals surface area contributed by atoms with Crippen LogP contribution in [0.2, 0.25) is 0 Å². The van der Waals surface area contributed by atoms with Crippen LogP contribution in [0.4, 0.5) is 27.9 Å². The highest BCUT2D eigenvalue weighted by atomic mass is 16.6. The summed E-state index contributed by atoms with van der Waals surface area (Å²) in [5, 5.41) is 12.1. The molecule has 0 unspecified atom stereocenters. The second kappa shape index (κ2) is 10.3. The Balaban J connectivity index is 1.57. The number of hydrogen-bond acceptors (Lipinski definition) is 7. The van der Waals surface area contributed by atoms with Gasteiger partial charge < -0.3 is 26.0 Å². The van der Waals surface area contributed by atoms with Gasteiger partial charge in [0.15, 0.2) is 0 Å². The number of carbonyl (C=O) groups excluding carboxylic acids is 2. The molecule has 0 saturated heterocycles. The fraction of sp³-hybridized carbons (Fsp3) is 0.478. The SMILES string of the molecule is CC(=O)Nc1cccc(Nc2ncc(C3CC3)c(NCCCNC(=O)OC(C)(C)C)n2)c1. The van der Waals surface area contributed by atoms with Gasteiger partial charge in [0.2, 0.25) is 11.9 Å². The third kappa shape index (κ3) is 7.72. The summed E-state index contributed by atoms with van der Waals surface area (Å²) >= 11 is 0. The van der Waals surface area contributed by atoms with Crippen molar-refractivity contribution < 1.29 is 14.3 Å². The van der Waals surface area contributed by atoms with E-state index in [2.05, 4.69) is 31.2 Å². The minimum atomic E-state index is -0.506. The molecule has 2 aromatic rings. The molecule has 1 saturated carbocycles. The molecule has 32 heavy (non-hydrogen) atoms. The van der Waals surface area contributed by atoms with E-state index in [1.807, 2.05) is 51.2 Å². The fourth-order valence-corrected chi connectivity index (χ4v) is 3.09. The van der Waals surface area contributed by atoms with E-state index in [0.717, 1.165) is 36.3 Å². The number of amides is 2. The van der Waals surface area contributed by atoms with E-state index in [1.54, 1.807) is 0 Å². The van der Waals surface area contributed by atoms with Crippen molar-refractivity contribution in [3.63, 3.8) is 0 Å². The molecule has 1 aliphatic carbocycles. The minimum Gasteiger partial charge on any atom is -0.444 e. The van der Waals surface area contributed by atoms with Crippen LogP contribution in [0.15, 0.2) is 30.5 Å². The fourth-order valence-electron chi connectivity index (χ4n) is 3.09. The minimum absolute atomic E-state index is 0.125. The highest BCUT2D eigenvalue weighted by Gasteiger charge is 2.27. The van der Waals surface area contributed by atoms with Gasteiger partial charge in [0.1, 0.15) is 11.4 Å². The van der Waals surface area contributed by atoms with Gasteiger partial charge >= 0.3 is 6.09 Å². The van der Waals surface area contributed by atoms with Crippen molar-refractivity contribution in [1.82, 2.24) is 15.3 Å². The summed E-state index contributed by atoms with van der Waals surface area (Å²) in [4.78, 5) is 32.2. The molecule has 172 valence electrons. The van der Waals surface area contributed by atoms with Crippen LogP contribution in [0.3, 0.4) is 0 Å². The number of ether oxygens (including phenoxy) is 1. The highest BCUT2D eigenvalue weighted by Crippen LogP contribution is 2.42. The summed E-state index contributed by atoms with van der Waals surface area (Å²) in [6.45, 7) is 8.15. The molecule has 0 bridgehead atoms. The molecule has 9 nitrogen and oxygen atoms in total. The monoisotopic (exact) mass is 440 g/mol. The lowest BCUT2D eigenvalue weighted by Gasteiger charge is -2.19. The van der Waals surface area contributed by atoms with Gasteiger partial charge in [-0.15, -0.1) is 0 Å². The van der Waals surface area contributed by atoms with Crippen molar-refractivity contribution >= 4 is 35.1 Å². The van der Waals surface area contributed by atoms with E-state index in [1.165, 1.54) is 6.92 Å². The smallest absolute Gasteiger partial charge is 0.407 e. The Morgan fingerprint density at radius 3 is 2.59 bits per heavy atom. The summed E-state index contributed by atoms with van der Waals surface area (Å²) in [5.74, 6) is 1.65. The van der Waals surface area contributed by atoms with Crippen LogP contribution in [-0.2, 0) is 9.53 Å². The molecule has 1 aromatic carbocycles. The van der Waals surface area contributed by atoms with Crippen LogP contribution in [0.5, 0.6) is 0 Å². The largest absolute Gasteiger partial charge is 0.444 e. The molecular weight excluding hydrogens is 408 g/mol. The molecule has 3 rings (SSSR count). The van der Waals surface area contributed by atoms with E-state index in [-0.39, 0.29) is 5.91 Å². The number of anilines is 4. The molecule has 9 heteroatoms. The predicted octanol–water partition coefficient (Wildman–Crippen LogP) is 4.38. The number of nitrogens with zero attached hydrogens (tertiary/aromatic N) is 2. The van der Waals surface area contributed by atoms with Crippen LogP contribution < -0.4 is 21.3 Å². The molecule has 1 aromatic heterocycles. The van der Waals surface area contributed by atoms with E-state index in [0.29, 0.717) is 30.6 Å². The van der Waals surface area contributed by atoms with E-state index in [9.17, 15) is 9.59 Å². The van der Waals surface area contributed by atoms with Gasteiger partial charge in [-0.1, -0.05) is 6.07 Å². The first-order chi connectivity index (χ1) is 15.2. The zero-order chi connectivity index (χ0) is 23.1. The number of alkyl carbamates (subject to hydrolysis) is 1. The van der Waals surface area contributed by atoms with Crippen molar-refractivity contribution in [3.8, 4) is 0 Å². The maximum absolute atomic E-state index is 11.7. The molecule has 1 heterocycles. The molecule has 2 amide bonds. The van der Waals surface area contributed by atoms with Gasteiger partial charge in [-0.2, -0.15) is 4.98 Å². The number of aromatic nitrogens is 2.